The SMILES string of the molecule is NC(N)=NCCCC(N)C(=O)O.NC(N)=NCCCC(N)C(=O)O.O=P(O)(O)O. The Hall–Kier alpha value is -2.49. The second-order valence-electron chi connectivity index (χ2n) is 5.30. The average Bonchev–Trinajstić information content (AvgIpc) is 2.53. The van der Waals surface area contributed by atoms with Crippen LogP contribution < -0.4 is 34.4 Å². The Bertz CT molecular complexity index is 526. The van der Waals surface area contributed by atoms with Gasteiger partial charge < -0.3 is 59.3 Å². The summed E-state index contributed by atoms with van der Waals surface area (Å²) < 4.78 is 8.88. The number of nitrogens with zero attached hydrogens (tertiary/aromatic N) is 2. The fourth-order valence-electron chi connectivity index (χ4n) is 1.29. The van der Waals surface area contributed by atoms with E-state index in [1.54, 1.807) is 0 Å². The van der Waals surface area contributed by atoms with Crippen LogP contribution in [0.2, 0.25) is 0 Å². The van der Waals surface area contributed by atoms with Crippen LogP contribution in [0.3, 0.4) is 0 Å². The molecule has 0 heterocycles. The third-order valence-electron chi connectivity index (χ3n) is 2.57. The van der Waals surface area contributed by atoms with E-state index >= 15 is 0 Å². The highest BCUT2D eigenvalue weighted by molar-refractivity contribution is 7.45. The van der Waals surface area contributed by atoms with Gasteiger partial charge in [-0.2, -0.15) is 0 Å². The summed E-state index contributed by atoms with van der Waals surface area (Å²) in [4.78, 5) is 49.4. The number of hydrogen-bond acceptors (Lipinski definition) is 7. The van der Waals surface area contributed by atoms with Gasteiger partial charge in [0.1, 0.15) is 12.1 Å². The lowest BCUT2D eigenvalue weighted by molar-refractivity contribution is -0.139. The van der Waals surface area contributed by atoms with E-state index in [1.165, 1.54) is 0 Å². The molecule has 0 aliphatic rings. The van der Waals surface area contributed by atoms with E-state index in [2.05, 4.69) is 9.98 Å². The van der Waals surface area contributed by atoms with Gasteiger partial charge in [-0.05, 0) is 25.7 Å². The first kappa shape index (κ1) is 31.2. The van der Waals surface area contributed by atoms with E-state index in [-0.39, 0.29) is 11.9 Å². The molecule has 0 rings (SSSR count). The first-order valence-electron chi connectivity index (χ1n) is 7.93. The molecular formula is C12H31N8O8P. The van der Waals surface area contributed by atoms with Crippen molar-refractivity contribution in [2.75, 3.05) is 13.1 Å². The number of aliphatic carboxylic acids is 2. The molecule has 29 heavy (non-hydrogen) atoms. The van der Waals surface area contributed by atoms with Gasteiger partial charge >= 0.3 is 19.8 Å². The van der Waals surface area contributed by atoms with Crippen LogP contribution in [0.15, 0.2) is 9.98 Å². The number of aliphatic imine (C=N–C) groups is 2. The molecule has 0 saturated carbocycles. The molecule has 0 aromatic rings. The van der Waals surface area contributed by atoms with Gasteiger partial charge in [-0.25, -0.2) is 4.57 Å². The Kier molecular flexibility index (Phi) is 18.9. The van der Waals surface area contributed by atoms with Gasteiger partial charge in [-0.15, -0.1) is 0 Å². The van der Waals surface area contributed by atoms with E-state index in [1.807, 2.05) is 0 Å². The van der Waals surface area contributed by atoms with Gasteiger partial charge in [-0.3, -0.25) is 19.6 Å². The maximum atomic E-state index is 10.2. The fourth-order valence-corrected chi connectivity index (χ4v) is 1.29. The smallest absolute Gasteiger partial charge is 0.466 e. The normalized spacial score (nSPS) is 12.0. The van der Waals surface area contributed by atoms with Crippen LogP contribution in [-0.4, -0.2) is 73.9 Å². The van der Waals surface area contributed by atoms with Crippen LogP contribution in [-0.2, 0) is 14.2 Å². The molecule has 16 nitrogen and oxygen atoms in total. The van der Waals surface area contributed by atoms with Gasteiger partial charge in [0.05, 0.1) is 0 Å². The van der Waals surface area contributed by atoms with Gasteiger partial charge in [0.15, 0.2) is 11.9 Å². The Balaban J connectivity index is -0.000000380. The molecule has 2 unspecified atom stereocenters. The van der Waals surface area contributed by atoms with Crippen molar-refractivity contribution in [3.63, 3.8) is 0 Å². The highest BCUT2D eigenvalue weighted by Crippen LogP contribution is 2.25. The van der Waals surface area contributed by atoms with E-state index in [0.717, 1.165) is 0 Å². The van der Waals surface area contributed by atoms with Crippen molar-refractivity contribution in [2.24, 2.45) is 44.4 Å². The summed E-state index contributed by atoms with van der Waals surface area (Å²) in [7, 11) is -4.64. The number of carboxylic acid groups (broad SMARTS) is 2. The molecule has 0 aliphatic heterocycles. The summed E-state index contributed by atoms with van der Waals surface area (Å²) in [5, 5.41) is 16.8. The standard InChI is InChI=1S/2C6H14N4O2.H3O4P/c2*7-4(5(11)12)2-1-3-10-6(8)9;1-5(2,3)4/h2*4H,1-3,7H2,(H,11,12)(H4,8,9,10);(H3,1,2,3,4). The lowest BCUT2D eigenvalue weighted by atomic mass is 10.2. The average molecular weight is 446 g/mol. The van der Waals surface area contributed by atoms with Crippen LogP contribution >= 0.6 is 7.82 Å². The van der Waals surface area contributed by atoms with Crippen molar-refractivity contribution in [1.82, 2.24) is 0 Å². The number of guanidine groups is 2. The molecule has 0 aromatic heterocycles. The summed E-state index contributed by atoms with van der Waals surface area (Å²) in [6, 6.07) is -1.64. The lowest BCUT2D eigenvalue weighted by Crippen LogP contribution is -2.30. The first-order valence-corrected chi connectivity index (χ1v) is 9.50. The van der Waals surface area contributed by atoms with E-state index < -0.39 is 31.8 Å². The number of phosphoric acid groups is 1. The molecule has 17 heteroatoms. The molecule has 0 amide bonds. The maximum absolute atomic E-state index is 10.2. The van der Waals surface area contributed by atoms with Crippen molar-refractivity contribution in [3.05, 3.63) is 0 Å². The summed E-state index contributed by atoms with van der Waals surface area (Å²) >= 11 is 0. The fraction of sp³-hybridized carbons (Fsp3) is 0.667. The quantitative estimate of drug-likeness (QED) is 0.0658. The van der Waals surface area contributed by atoms with E-state index in [4.69, 9.17) is 63.9 Å². The second kappa shape index (κ2) is 17.6. The van der Waals surface area contributed by atoms with Crippen molar-refractivity contribution in [3.8, 4) is 0 Å². The van der Waals surface area contributed by atoms with E-state index in [0.29, 0.717) is 38.8 Å². The van der Waals surface area contributed by atoms with Gasteiger partial charge in [0.2, 0.25) is 0 Å². The van der Waals surface area contributed by atoms with Crippen LogP contribution in [0.5, 0.6) is 0 Å². The molecule has 172 valence electrons. The Morgan fingerprint density at radius 2 is 1.00 bits per heavy atom. The third-order valence-corrected chi connectivity index (χ3v) is 2.57. The first-order chi connectivity index (χ1) is 13.1. The summed E-state index contributed by atoms with van der Waals surface area (Å²) in [5.74, 6) is -1.97. The minimum atomic E-state index is -4.64. The van der Waals surface area contributed by atoms with Crippen molar-refractivity contribution in [2.45, 2.75) is 37.8 Å². The molecule has 0 radical (unpaired) electrons. The Morgan fingerprint density at radius 1 is 0.759 bits per heavy atom. The largest absolute Gasteiger partial charge is 0.480 e. The van der Waals surface area contributed by atoms with Gasteiger partial charge in [0.25, 0.3) is 0 Å². The maximum Gasteiger partial charge on any atom is 0.466 e. The number of hydrogen-bond donors (Lipinski definition) is 11. The van der Waals surface area contributed by atoms with Crippen molar-refractivity contribution >= 4 is 31.7 Å². The minimum absolute atomic E-state index is 0.0129. The highest BCUT2D eigenvalue weighted by Gasteiger charge is 2.10. The predicted octanol–water partition coefficient (Wildman–Crippen LogP) is -4.02. The molecular weight excluding hydrogens is 415 g/mol. The van der Waals surface area contributed by atoms with Crippen LogP contribution in [0.1, 0.15) is 25.7 Å². The lowest BCUT2D eigenvalue weighted by Gasteiger charge is -2.03. The second-order valence-corrected chi connectivity index (χ2v) is 6.33. The Morgan fingerprint density at radius 3 is 1.17 bits per heavy atom. The molecule has 0 fully saturated rings. The number of nitrogens with two attached hydrogens (primary N) is 6. The zero-order valence-corrected chi connectivity index (χ0v) is 16.6. The summed E-state index contributed by atoms with van der Waals surface area (Å²) in [5.41, 5.74) is 30.6. The molecule has 0 aromatic carbocycles. The van der Waals surface area contributed by atoms with Crippen molar-refractivity contribution < 1.29 is 39.0 Å². The highest BCUT2D eigenvalue weighted by atomic mass is 31.2. The third kappa shape index (κ3) is 37.0. The summed E-state index contributed by atoms with van der Waals surface area (Å²) in [6.45, 7) is 0.840. The number of carbonyl (C=O) groups is 2. The molecule has 0 saturated heterocycles. The zero-order chi connectivity index (χ0) is 23.6. The van der Waals surface area contributed by atoms with Crippen LogP contribution in [0, 0.1) is 0 Å². The zero-order valence-electron chi connectivity index (χ0n) is 15.7. The van der Waals surface area contributed by atoms with Crippen LogP contribution in [0.25, 0.3) is 0 Å². The van der Waals surface area contributed by atoms with Gasteiger partial charge in [-0.1, -0.05) is 0 Å². The molecule has 2 atom stereocenters. The molecule has 0 bridgehead atoms. The number of carboxylic acids is 2. The topological polar surface area (TPSA) is 333 Å². The minimum Gasteiger partial charge on any atom is -0.480 e. The predicted molar refractivity (Wildman–Crippen MR) is 105 cm³/mol. The molecule has 0 spiro atoms. The summed E-state index contributed by atoms with van der Waals surface area (Å²) in [6.07, 6.45) is 1.91. The van der Waals surface area contributed by atoms with E-state index in [9.17, 15) is 9.59 Å². The molecule has 0 aliphatic carbocycles. The van der Waals surface area contributed by atoms with Gasteiger partial charge in [0, 0.05) is 13.1 Å². The molecule has 17 N–H and O–H groups in total. The van der Waals surface area contributed by atoms with Crippen molar-refractivity contribution in [1.29, 1.82) is 0 Å². The monoisotopic (exact) mass is 446 g/mol. The van der Waals surface area contributed by atoms with Crippen LogP contribution in [0.4, 0.5) is 0 Å². The number of rotatable bonds is 10. The Labute approximate surface area is 166 Å².